The van der Waals surface area contributed by atoms with Gasteiger partial charge in [0, 0.05) is 55.6 Å². The van der Waals surface area contributed by atoms with E-state index in [9.17, 15) is 29.1 Å². The first kappa shape index (κ1) is 31.1. The maximum Gasteiger partial charge on any atom is 0.412 e. The molecule has 2 aromatic carbocycles. The Balaban J connectivity index is 1.39. The molecule has 3 atom stereocenters. The van der Waals surface area contributed by atoms with Gasteiger partial charge < -0.3 is 29.7 Å². The van der Waals surface area contributed by atoms with Crippen molar-refractivity contribution in [2.75, 3.05) is 50.6 Å². The lowest BCUT2D eigenvalue weighted by atomic mass is 9.83. The Hall–Kier alpha value is -4.36. The quantitative estimate of drug-likeness (QED) is 0.422. The summed E-state index contributed by atoms with van der Waals surface area (Å²) in [4.78, 5) is 68.7. The minimum Gasteiger partial charge on any atom is -0.465 e. The fourth-order valence-electron chi connectivity index (χ4n) is 5.94. The lowest BCUT2D eigenvalue weighted by molar-refractivity contribution is -0.144. The van der Waals surface area contributed by atoms with Gasteiger partial charge in [-0.15, -0.1) is 0 Å². The topological polar surface area (TPSA) is 158 Å². The van der Waals surface area contributed by atoms with Crippen molar-refractivity contribution in [2.24, 2.45) is 0 Å². The Labute approximate surface area is 259 Å². The third-order valence-electron chi connectivity index (χ3n) is 8.38. The number of carbonyl (C=O) groups is 5. The van der Waals surface area contributed by atoms with E-state index in [4.69, 9.17) is 21.1 Å². The summed E-state index contributed by atoms with van der Waals surface area (Å²) in [6.45, 7) is 1.20. The second-order valence-electron chi connectivity index (χ2n) is 11.2. The number of rotatable bonds is 7. The van der Waals surface area contributed by atoms with Crippen LogP contribution in [0.1, 0.15) is 41.6 Å². The van der Waals surface area contributed by atoms with E-state index in [2.05, 4.69) is 10.6 Å². The van der Waals surface area contributed by atoms with Crippen molar-refractivity contribution in [3.8, 4) is 0 Å². The molecule has 0 unspecified atom stereocenters. The zero-order valence-corrected chi connectivity index (χ0v) is 25.1. The number of likely N-dealkylation sites (tertiary alicyclic amines) is 2. The van der Waals surface area contributed by atoms with Crippen LogP contribution in [0, 0.1) is 0 Å². The van der Waals surface area contributed by atoms with E-state index in [0.29, 0.717) is 60.9 Å². The van der Waals surface area contributed by atoms with E-state index in [1.54, 1.807) is 30.2 Å². The van der Waals surface area contributed by atoms with Crippen molar-refractivity contribution in [2.45, 2.75) is 43.4 Å². The van der Waals surface area contributed by atoms with Crippen LogP contribution in [0.5, 0.6) is 0 Å². The Morgan fingerprint density at radius 1 is 1.18 bits per heavy atom. The van der Waals surface area contributed by atoms with Gasteiger partial charge in [-0.25, -0.2) is 9.59 Å². The summed E-state index contributed by atoms with van der Waals surface area (Å²) in [6.07, 6.45) is -0.570. The van der Waals surface area contributed by atoms with Crippen LogP contribution < -0.4 is 15.5 Å². The normalized spacial score (nSPS) is 21.6. The third kappa shape index (κ3) is 6.43. The zero-order valence-electron chi connectivity index (χ0n) is 24.4. The molecule has 0 saturated carbocycles. The van der Waals surface area contributed by atoms with Gasteiger partial charge in [0.05, 0.1) is 24.8 Å². The Kier molecular flexibility index (Phi) is 8.97. The molecule has 234 valence electrons. The highest BCUT2D eigenvalue weighted by molar-refractivity contribution is 6.30. The molecule has 2 saturated heterocycles. The molecule has 3 aliphatic heterocycles. The maximum absolute atomic E-state index is 14.1. The Morgan fingerprint density at radius 3 is 2.61 bits per heavy atom. The molecule has 14 heteroatoms. The van der Waals surface area contributed by atoms with Gasteiger partial charge >= 0.3 is 12.2 Å². The molecule has 0 radical (unpaired) electrons. The zero-order chi connectivity index (χ0) is 31.6. The Morgan fingerprint density at radius 2 is 1.93 bits per heavy atom. The number of fused-ring (bicyclic) bond motifs is 2. The van der Waals surface area contributed by atoms with Gasteiger partial charge in [0.25, 0.3) is 5.91 Å². The average Bonchev–Trinajstić information content (AvgIpc) is 3.50. The number of benzene rings is 2. The minimum absolute atomic E-state index is 0.0127. The number of piperidine rings is 1. The fraction of sp³-hybridized carbons (Fsp3) is 0.433. The molecule has 2 fully saturated rings. The van der Waals surface area contributed by atoms with Gasteiger partial charge in [0.15, 0.2) is 5.60 Å². The van der Waals surface area contributed by atoms with Crippen LogP contribution in [-0.4, -0.2) is 97.3 Å². The van der Waals surface area contributed by atoms with Crippen LogP contribution in [0.25, 0.3) is 0 Å². The highest BCUT2D eigenvalue weighted by Gasteiger charge is 2.47. The van der Waals surface area contributed by atoms with E-state index < -0.39 is 35.6 Å². The lowest BCUT2D eigenvalue weighted by Crippen LogP contribution is -2.57. The van der Waals surface area contributed by atoms with E-state index in [1.807, 2.05) is 0 Å². The number of carbonyl (C=O) groups excluding carboxylic acids is 4. The molecule has 0 aliphatic carbocycles. The van der Waals surface area contributed by atoms with Crippen LogP contribution in [0.4, 0.5) is 21.0 Å². The molecule has 2 aromatic rings. The summed E-state index contributed by atoms with van der Waals surface area (Å²) < 4.78 is 11.2. The van der Waals surface area contributed by atoms with Crippen molar-refractivity contribution in [1.29, 1.82) is 0 Å². The van der Waals surface area contributed by atoms with Crippen molar-refractivity contribution >= 4 is 52.9 Å². The second kappa shape index (κ2) is 12.7. The minimum atomic E-state index is -1.22. The molecule has 5 amide bonds. The molecule has 0 aromatic heterocycles. The van der Waals surface area contributed by atoms with Crippen LogP contribution >= 0.6 is 11.6 Å². The van der Waals surface area contributed by atoms with Crippen LogP contribution in [-0.2, 0) is 24.7 Å². The molecule has 13 nitrogen and oxygen atoms in total. The molecular formula is C30H34ClN5O8. The summed E-state index contributed by atoms with van der Waals surface area (Å²) in [7, 11) is 2.96. The van der Waals surface area contributed by atoms with E-state index in [-0.39, 0.29) is 30.5 Å². The number of hydrogen-bond acceptors (Lipinski definition) is 7. The molecule has 5 rings (SSSR count). The predicted molar refractivity (Wildman–Crippen MR) is 160 cm³/mol. The largest absolute Gasteiger partial charge is 0.465 e. The van der Waals surface area contributed by atoms with Gasteiger partial charge in [0.2, 0.25) is 11.8 Å². The van der Waals surface area contributed by atoms with Crippen LogP contribution in [0.2, 0.25) is 5.02 Å². The lowest BCUT2D eigenvalue weighted by Gasteiger charge is -2.45. The number of anilines is 2. The van der Waals surface area contributed by atoms with Crippen molar-refractivity contribution < 1.29 is 38.6 Å². The summed E-state index contributed by atoms with van der Waals surface area (Å²) >= 11 is 6.28. The van der Waals surface area contributed by atoms with Crippen LogP contribution in [0.3, 0.4) is 0 Å². The van der Waals surface area contributed by atoms with Crippen molar-refractivity contribution in [3.05, 3.63) is 58.6 Å². The number of hydrogen-bond donors (Lipinski definition) is 3. The molecule has 3 N–H and O–H groups in total. The van der Waals surface area contributed by atoms with E-state index >= 15 is 0 Å². The highest BCUT2D eigenvalue weighted by Crippen LogP contribution is 2.43. The predicted octanol–water partition coefficient (Wildman–Crippen LogP) is 3.27. The van der Waals surface area contributed by atoms with E-state index in [0.717, 1.165) is 4.90 Å². The number of halogens is 1. The number of ether oxygens (including phenoxy) is 2. The standard InChI is InChI=1S/C30H34ClN5O8/c1-34(29(41)42)20-7-4-18(5-8-20)26(38)32-24(15-25(37)35-13-10-21(16-35)43-2)27(39)36-12-3-11-30(17-36)22-14-19(31)6-9-23(22)33-28(40)44-30/h4-9,14,21,24H,3,10-13,15-17H2,1-2H3,(H,32,38)(H,33,40)(H,41,42)/t21-,24+,30+/m1/s1. The van der Waals surface area contributed by atoms with Crippen molar-refractivity contribution in [1.82, 2.24) is 15.1 Å². The monoisotopic (exact) mass is 627 g/mol. The first-order valence-electron chi connectivity index (χ1n) is 14.3. The number of nitrogens with zero attached hydrogens (tertiary/aromatic N) is 3. The molecule has 1 spiro atoms. The number of carboxylic acid groups (broad SMARTS) is 1. The van der Waals surface area contributed by atoms with Gasteiger partial charge in [0.1, 0.15) is 6.04 Å². The Bertz CT molecular complexity index is 1470. The number of methoxy groups -OCH3 is 1. The SMILES string of the molecule is CO[C@@H]1CCN(C(=O)C[C@H](NC(=O)c2ccc(N(C)C(=O)O)cc2)C(=O)N2CCC[C@@]3(C2)OC(=O)Nc2ccc(Cl)cc23)C1. The summed E-state index contributed by atoms with van der Waals surface area (Å²) in [5, 5.41) is 15.1. The second-order valence-corrected chi connectivity index (χ2v) is 11.6. The van der Waals surface area contributed by atoms with Crippen LogP contribution in [0.15, 0.2) is 42.5 Å². The van der Waals surface area contributed by atoms with Gasteiger partial charge in [-0.1, -0.05) is 11.6 Å². The number of amides is 5. The summed E-state index contributed by atoms with van der Waals surface area (Å²) in [5.41, 5.74) is 0.576. The van der Waals surface area contributed by atoms with Gasteiger partial charge in [-0.2, -0.15) is 0 Å². The summed E-state index contributed by atoms with van der Waals surface area (Å²) in [6, 6.07) is 9.67. The molecule has 44 heavy (non-hydrogen) atoms. The molecule has 3 aliphatic rings. The van der Waals surface area contributed by atoms with Crippen molar-refractivity contribution in [3.63, 3.8) is 0 Å². The number of nitrogens with one attached hydrogen (secondary N) is 2. The molecular weight excluding hydrogens is 594 g/mol. The molecule has 3 heterocycles. The van der Waals surface area contributed by atoms with E-state index in [1.165, 1.54) is 36.2 Å². The fourth-order valence-corrected chi connectivity index (χ4v) is 6.12. The third-order valence-corrected chi connectivity index (χ3v) is 8.62. The smallest absolute Gasteiger partial charge is 0.412 e. The summed E-state index contributed by atoms with van der Waals surface area (Å²) in [5.74, 6) is -1.40. The first-order valence-corrected chi connectivity index (χ1v) is 14.6. The highest BCUT2D eigenvalue weighted by atomic mass is 35.5. The average molecular weight is 628 g/mol. The maximum atomic E-state index is 14.1. The molecule has 0 bridgehead atoms. The van der Waals surface area contributed by atoms with Gasteiger partial charge in [-0.3, -0.25) is 24.6 Å². The first-order chi connectivity index (χ1) is 21.0. The van der Waals surface area contributed by atoms with Gasteiger partial charge in [-0.05, 0) is 61.7 Å².